The summed E-state index contributed by atoms with van der Waals surface area (Å²) < 4.78 is 0. The fraction of sp³-hybridized carbons (Fsp3) is 0.235. The zero-order valence-corrected chi connectivity index (χ0v) is 13.8. The molecule has 0 spiro atoms. The van der Waals surface area contributed by atoms with E-state index < -0.39 is 0 Å². The number of fused-ring (bicyclic) bond motifs is 1. The number of nitrogens with zero attached hydrogens (tertiary/aromatic N) is 2. The summed E-state index contributed by atoms with van der Waals surface area (Å²) in [6.45, 7) is 3.82. The number of anilines is 2. The third-order valence-corrected chi connectivity index (χ3v) is 3.85. The van der Waals surface area contributed by atoms with Gasteiger partial charge in [0, 0.05) is 13.1 Å². The Morgan fingerprint density at radius 1 is 1.25 bits per heavy atom. The van der Waals surface area contributed by atoms with E-state index in [0.717, 1.165) is 28.0 Å². The van der Waals surface area contributed by atoms with Crippen LogP contribution < -0.4 is 16.0 Å². The number of aromatic nitrogens is 3. The van der Waals surface area contributed by atoms with Crippen LogP contribution in [-0.4, -0.2) is 28.3 Å². The van der Waals surface area contributed by atoms with Crippen molar-refractivity contribution < 1.29 is 4.79 Å². The summed E-state index contributed by atoms with van der Waals surface area (Å²) >= 11 is 0. The zero-order chi connectivity index (χ0) is 17.1. The van der Waals surface area contributed by atoms with Crippen LogP contribution in [0.5, 0.6) is 0 Å². The van der Waals surface area contributed by atoms with E-state index in [1.165, 1.54) is 0 Å². The average molecular weight is 324 g/mol. The van der Waals surface area contributed by atoms with Crippen molar-refractivity contribution in [3.63, 3.8) is 0 Å². The Hall–Kier alpha value is -3.09. The summed E-state index contributed by atoms with van der Waals surface area (Å²) in [6.07, 6.45) is 0. The van der Waals surface area contributed by atoms with Crippen LogP contribution >= 0.6 is 0 Å². The normalized spacial score (nSPS) is 12.0. The van der Waals surface area contributed by atoms with E-state index >= 15 is 0 Å². The Bertz CT molecular complexity index is 858. The molecule has 0 fully saturated rings. The molecule has 124 valence electrons. The second-order valence-electron chi connectivity index (χ2n) is 5.57. The number of aromatic amines is 1. The van der Waals surface area contributed by atoms with Gasteiger partial charge in [-0.05, 0) is 19.4 Å². The molecule has 1 atom stereocenters. The van der Waals surface area contributed by atoms with Gasteiger partial charge < -0.3 is 10.6 Å². The lowest BCUT2D eigenvalue weighted by Gasteiger charge is -2.15. The van der Waals surface area contributed by atoms with Gasteiger partial charge >= 0.3 is 6.03 Å². The molecule has 0 radical (unpaired) electrons. The minimum Gasteiger partial charge on any atom is -0.371 e. The van der Waals surface area contributed by atoms with Crippen LogP contribution in [0.15, 0.2) is 36.4 Å². The summed E-state index contributed by atoms with van der Waals surface area (Å²) in [5.41, 5.74) is 2.65. The molecule has 4 N–H and O–H groups in total. The number of benzene rings is 1. The standard InChI is InChI=1S/C17H20N6O/c1-10(12-7-5-4-6-8-12)20-17(24)21-14-9-13-15(11(2)19-14)16(18-3)23-22-13/h4-10H,1-3H3,(H2,18,22,23)(H2,19,20,21,24)/t10-/m1/s1. The highest BCUT2D eigenvalue weighted by Crippen LogP contribution is 2.25. The quantitative estimate of drug-likeness (QED) is 0.593. The lowest BCUT2D eigenvalue weighted by molar-refractivity contribution is 0.249. The molecule has 0 aliphatic rings. The smallest absolute Gasteiger partial charge is 0.320 e. The van der Waals surface area contributed by atoms with E-state index in [0.29, 0.717) is 5.82 Å². The van der Waals surface area contributed by atoms with Gasteiger partial charge in [0.15, 0.2) is 5.82 Å². The minimum atomic E-state index is -0.300. The molecule has 0 saturated carbocycles. The maximum absolute atomic E-state index is 12.2. The van der Waals surface area contributed by atoms with Crippen molar-refractivity contribution in [1.82, 2.24) is 20.5 Å². The molecule has 3 aromatic rings. The predicted octanol–water partition coefficient (Wildman–Crippen LogP) is 3.19. The molecule has 2 heterocycles. The second-order valence-corrected chi connectivity index (χ2v) is 5.57. The number of aryl methyl sites for hydroxylation is 1. The minimum absolute atomic E-state index is 0.0981. The van der Waals surface area contributed by atoms with Gasteiger partial charge in [-0.3, -0.25) is 10.4 Å². The van der Waals surface area contributed by atoms with Crippen molar-refractivity contribution in [1.29, 1.82) is 0 Å². The maximum Gasteiger partial charge on any atom is 0.320 e. The third kappa shape index (κ3) is 3.15. The molecular formula is C17H20N6O. The molecule has 0 aliphatic carbocycles. The highest BCUT2D eigenvalue weighted by atomic mass is 16.2. The SMILES string of the molecule is CNc1n[nH]c2cc(NC(=O)N[C@H](C)c3ccccc3)nc(C)c12. The van der Waals surface area contributed by atoms with Crippen molar-refractivity contribution in [3.05, 3.63) is 47.7 Å². The lowest BCUT2D eigenvalue weighted by Crippen LogP contribution is -2.31. The highest BCUT2D eigenvalue weighted by molar-refractivity contribution is 5.95. The number of rotatable bonds is 4. The lowest BCUT2D eigenvalue weighted by atomic mass is 10.1. The number of nitrogens with one attached hydrogen (secondary N) is 4. The van der Waals surface area contributed by atoms with E-state index in [2.05, 4.69) is 31.1 Å². The molecule has 0 aliphatic heterocycles. The largest absolute Gasteiger partial charge is 0.371 e. The molecule has 0 unspecified atom stereocenters. The van der Waals surface area contributed by atoms with E-state index in [9.17, 15) is 4.79 Å². The summed E-state index contributed by atoms with van der Waals surface area (Å²) in [4.78, 5) is 16.6. The van der Waals surface area contributed by atoms with Gasteiger partial charge in [0.05, 0.1) is 22.6 Å². The number of hydrogen-bond acceptors (Lipinski definition) is 4. The number of H-pyrrole nitrogens is 1. The molecule has 1 aromatic carbocycles. The molecule has 3 rings (SSSR count). The van der Waals surface area contributed by atoms with Crippen LogP contribution in [0.4, 0.5) is 16.4 Å². The predicted molar refractivity (Wildman–Crippen MR) is 95.2 cm³/mol. The fourth-order valence-corrected chi connectivity index (χ4v) is 2.65. The maximum atomic E-state index is 12.2. The average Bonchev–Trinajstić information content (AvgIpc) is 2.99. The number of hydrogen-bond donors (Lipinski definition) is 4. The molecule has 7 heteroatoms. The second kappa shape index (κ2) is 6.57. The van der Waals surface area contributed by atoms with Crippen LogP contribution in [-0.2, 0) is 0 Å². The molecule has 0 saturated heterocycles. The van der Waals surface area contributed by atoms with Crippen molar-refractivity contribution >= 4 is 28.6 Å². The zero-order valence-electron chi connectivity index (χ0n) is 13.8. The summed E-state index contributed by atoms with van der Waals surface area (Å²) in [6, 6.07) is 11.2. The van der Waals surface area contributed by atoms with E-state index in [1.54, 1.807) is 13.1 Å². The Morgan fingerprint density at radius 2 is 2.00 bits per heavy atom. The van der Waals surface area contributed by atoms with Crippen molar-refractivity contribution in [2.45, 2.75) is 19.9 Å². The molecule has 7 nitrogen and oxygen atoms in total. The number of carbonyl (C=O) groups excluding carboxylic acids is 1. The van der Waals surface area contributed by atoms with Gasteiger partial charge in [0.25, 0.3) is 0 Å². The molecule has 0 bridgehead atoms. The highest BCUT2D eigenvalue weighted by Gasteiger charge is 2.13. The van der Waals surface area contributed by atoms with Gasteiger partial charge in [-0.1, -0.05) is 30.3 Å². The first-order valence-corrected chi connectivity index (χ1v) is 7.74. The summed E-state index contributed by atoms with van der Waals surface area (Å²) in [5, 5.41) is 16.7. The van der Waals surface area contributed by atoms with Crippen LogP contribution in [0.25, 0.3) is 10.9 Å². The number of urea groups is 1. The van der Waals surface area contributed by atoms with Crippen LogP contribution in [0.1, 0.15) is 24.2 Å². The fourth-order valence-electron chi connectivity index (χ4n) is 2.65. The van der Waals surface area contributed by atoms with Crippen molar-refractivity contribution in [3.8, 4) is 0 Å². The van der Waals surface area contributed by atoms with Gasteiger partial charge in [-0.25, -0.2) is 9.78 Å². The van der Waals surface area contributed by atoms with E-state index in [1.807, 2.05) is 44.2 Å². The van der Waals surface area contributed by atoms with Crippen molar-refractivity contribution in [2.75, 3.05) is 17.7 Å². The Kier molecular flexibility index (Phi) is 4.33. The first-order chi connectivity index (χ1) is 11.6. The first kappa shape index (κ1) is 15.8. The van der Waals surface area contributed by atoms with Gasteiger partial charge in [0.2, 0.25) is 0 Å². The van der Waals surface area contributed by atoms with E-state index in [4.69, 9.17) is 0 Å². The van der Waals surface area contributed by atoms with Gasteiger partial charge in [-0.15, -0.1) is 0 Å². The van der Waals surface area contributed by atoms with E-state index in [-0.39, 0.29) is 12.1 Å². The molecule has 2 amide bonds. The topological polar surface area (TPSA) is 94.7 Å². The van der Waals surface area contributed by atoms with Gasteiger partial charge in [-0.2, -0.15) is 5.10 Å². The molecule has 24 heavy (non-hydrogen) atoms. The van der Waals surface area contributed by atoms with Crippen LogP contribution in [0.2, 0.25) is 0 Å². The number of amides is 2. The molecule has 2 aromatic heterocycles. The Balaban J connectivity index is 1.74. The van der Waals surface area contributed by atoms with Crippen LogP contribution in [0.3, 0.4) is 0 Å². The monoisotopic (exact) mass is 324 g/mol. The summed E-state index contributed by atoms with van der Waals surface area (Å²) in [5.74, 6) is 1.22. The molecular weight excluding hydrogens is 304 g/mol. The third-order valence-electron chi connectivity index (χ3n) is 3.85. The van der Waals surface area contributed by atoms with Gasteiger partial charge in [0.1, 0.15) is 5.82 Å². The number of pyridine rings is 1. The Labute approximate surface area is 139 Å². The first-order valence-electron chi connectivity index (χ1n) is 7.74. The number of carbonyl (C=O) groups is 1. The van der Waals surface area contributed by atoms with Crippen LogP contribution in [0, 0.1) is 6.92 Å². The Morgan fingerprint density at radius 3 is 2.71 bits per heavy atom. The van der Waals surface area contributed by atoms with Crippen molar-refractivity contribution in [2.24, 2.45) is 0 Å². The summed E-state index contributed by atoms with van der Waals surface area (Å²) in [7, 11) is 1.81.